The highest BCUT2D eigenvalue weighted by molar-refractivity contribution is 7.96. The van der Waals surface area contributed by atoms with Crippen LogP contribution in [0.3, 0.4) is 0 Å². The number of aliphatic hydroxyl groups excluding tert-OH is 2. The maximum atomic E-state index is 11.2. The lowest BCUT2D eigenvalue weighted by Crippen LogP contribution is -2.37. The number of fused-ring (bicyclic) bond motifs is 1. The van der Waals surface area contributed by atoms with E-state index in [-0.39, 0.29) is 16.7 Å². The smallest absolute Gasteiger partial charge is 0.477 e. The van der Waals surface area contributed by atoms with Gasteiger partial charge in [-0.25, -0.2) is 15.0 Å². The summed E-state index contributed by atoms with van der Waals surface area (Å²) in [6.45, 7) is 1.45. The minimum atomic E-state index is -5.25. The van der Waals surface area contributed by atoms with Crippen LogP contribution in [0.2, 0.25) is 0 Å². The molecule has 3 aromatic rings. The number of anilines is 1. The summed E-state index contributed by atoms with van der Waals surface area (Å²) in [5.41, 5.74) is 12.4. The highest BCUT2D eigenvalue weighted by atomic mass is 32.3. The van der Waals surface area contributed by atoms with Crippen LogP contribution < -0.4 is 15.7 Å². The molecule has 1 aromatic carbocycles. The molecule has 268 valence electrons. The SMILES string of the molecule is C[S+](CC[C@H](N)C(=O)O)C[C@H]1O[C@@H](n2cnc3c(N)ncnc32)[C@H](O)[C@@H]1O.Cc1ccc(S(=O)(=O)O)c(OS(=O)(=O)OOS(=O)(=O)O)c1. The first kappa shape index (κ1) is 39.2. The van der Waals surface area contributed by atoms with Crippen molar-refractivity contribution in [1.29, 1.82) is 0 Å². The van der Waals surface area contributed by atoms with Gasteiger partial charge >= 0.3 is 26.8 Å². The zero-order valence-corrected chi connectivity index (χ0v) is 28.0. The van der Waals surface area contributed by atoms with Crippen LogP contribution in [-0.4, -0.2) is 117 Å². The van der Waals surface area contributed by atoms with Crippen LogP contribution in [0, 0.1) is 6.92 Å². The number of carbonyl (C=O) groups is 1. The summed E-state index contributed by atoms with van der Waals surface area (Å²) >= 11 is 0. The zero-order chi connectivity index (χ0) is 36.2. The molecular weight excluding hydrogens is 733 g/mol. The number of nitrogen functional groups attached to an aromatic ring is 1. The lowest BCUT2D eigenvalue weighted by atomic mass is 10.1. The van der Waals surface area contributed by atoms with Crippen molar-refractivity contribution in [3.63, 3.8) is 0 Å². The van der Waals surface area contributed by atoms with Gasteiger partial charge in [-0.3, -0.25) is 18.5 Å². The predicted molar refractivity (Wildman–Crippen MR) is 163 cm³/mol. The van der Waals surface area contributed by atoms with Gasteiger partial charge in [-0.1, -0.05) is 14.7 Å². The number of aromatic nitrogens is 4. The molecule has 22 nitrogen and oxygen atoms in total. The van der Waals surface area contributed by atoms with Gasteiger partial charge < -0.3 is 35.7 Å². The summed E-state index contributed by atoms with van der Waals surface area (Å²) in [5.74, 6) is -0.610. The number of nitrogens with two attached hydrogens (primary N) is 2. The highest BCUT2D eigenvalue weighted by Crippen LogP contribution is 2.33. The molecule has 1 saturated heterocycles. The number of rotatable bonds is 13. The van der Waals surface area contributed by atoms with E-state index in [1.54, 1.807) is 0 Å². The number of aliphatic hydroxyl groups is 2. The van der Waals surface area contributed by atoms with Crippen molar-refractivity contribution >= 4 is 64.8 Å². The minimum Gasteiger partial charge on any atom is -0.480 e. The van der Waals surface area contributed by atoms with Crippen LogP contribution in [0.5, 0.6) is 5.75 Å². The third-order valence-electron chi connectivity index (χ3n) is 6.31. The molecule has 0 radical (unpaired) electrons. The fourth-order valence-corrected chi connectivity index (χ4v) is 7.30. The van der Waals surface area contributed by atoms with Gasteiger partial charge in [0.05, 0.1) is 12.6 Å². The van der Waals surface area contributed by atoms with Gasteiger partial charge in [0.1, 0.15) is 52.6 Å². The average molecular weight is 764 g/mol. The standard InChI is InChI=1S/C15H22N6O5S.C7H8O11S3/c1-27(3-2-7(16)15(24)25)4-8-10(22)11(23)14(26-8)21-6-20-9-12(17)18-5-19-13(9)21;1-5-2-3-7(19(8,9)10)6(4-5)16-21(14,15)18-17-20(11,12)13/h5-8,10-11,14,22-23H,2-4,16H2,1H3,(H2-,17,18,19,24,25);2-4H,1H3,(H,8,9,10)(H,11,12,13)/p+1/t7-,8+,10+,11+,14+,27?;/m0./s1. The van der Waals surface area contributed by atoms with Crippen molar-refractivity contribution in [1.82, 2.24) is 19.5 Å². The summed E-state index contributed by atoms with van der Waals surface area (Å²) in [5, 5.41) is 29.7. The van der Waals surface area contributed by atoms with Crippen LogP contribution in [0.1, 0.15) is 18.2 Å². The van der Waals surface area contributed by atoms with E-state index >= 15 is 0 Å². The summed E-state index contributed by atoms with van der Waals surface area (Å²) in [6, 6.07) is 2.09. The topological polar surface area (TPSA) is 353 Å². The Balaban J connectivity index is 0.000000270. The molecule has 0 saturated carbocycles. The first-order valence-corrected chi connectivity index (χ1v) is 19.1. The second-order valence-corrected chi connectivity index (χ2v) is 15.8. The normalized spacial score (nSPS) is 21.3. The van der Waals surface area contributed by atoms with Gasteiger partial charge in [0.2, 0.25) is 0 Å². The Hall–Kier alpha value is -3.28. The Labute approximate surface area is 275 Å². The van der Waals surface area contributed by atoms with E-state index in [1.807, 2.05) is 6.26 Å². The maximum absolute atomic E-state index is 11.2. The first-order chi connectivity index (χ1) is 22.1. The van der Waals surface area contributed by atoms with Crippen molar-refractivity contribution in [2.24, 2.45) is 5.73 Å². The van der Waals surface area contributed by atoms with Crippen molar-refractivity contribution in [2.45, 2.75) is 48.8 Å². The molecule has 1 fully saturated rings. The number of imidazole rings is 1. The molecule has 0 bridgehead atoms. The average Bonchev–Trinajstić information content (AvgIpc) is 3.51. The Bertz CT molecular complexity index is 1940. The molecule has 1 unspecified atom stereocenters. The molecule has 48 heavy (non-hydrogen) atoms. The molecule has 0 aliphatic carbocycles. The fourth-order valence-electron chi connectivity index (χ4n) is 4.05. The molecule has 26 heteroatoms. The number of carboxylic acids is 1. The van der Waals surface area contributed by atoms with Gasteiger partial charge in [0.15, 0.2) is 23.4 Å². The van der Waals surface area contributed by atoms with Crippen LogP contribution >= 0.6 is 0 Å². The third-order valence-corrected chi connectivity index (χ3v) is 9.98. The Morgan fingerprint density at radius 1 is 1.08 bits per heavy atom. The number of hydrogen-bond donors (Lipinski definition) is 7. The molecular formula is C22H31N6O16S4+. The number of carboxylic acid groups (broad SMARTS) is 1. The fraction of sp³-hybridized carbons (Fsp3) is 0.455. The van der Waals surface area contributed by atoms with E-state index in [1.165, 1.54) is 30.2 Å². The van der Waals surface area contributed by atoms with E-state index in [9.17, 15) is 40.3 Å². The summed E-state index contributed by atoms with van der Waals surface area (Å²) in [7, 11) is -15.5. The van der Waals surface area contributed by atoms with E-state index in [0.717, 1.165) is 12.1 Å². The summed E-state index contributed by atoms with van der Waals surface area (Å²) in [4.78, 5) is 22.0. The van der Waals surface area contributed by atoms with Crippen LogP contribution in [0.15, 0.2) is 35.7 Å². The van der Waals surface area contributed by atoms with Crippen LogP contribution in [0.25, 0.3) is 11.2 Å². The number of nitrogens with zero attached hydrogens (tertiary/aromatic N) is 4. The number of aliphatic carboxylic acids is 1. The maximum Gasteiger partial charge on any atom is 0.477 e. The van der Waals surface area contributed by atoms with Crippen LogP contribution in [-0.2, 0) is 60.0 Å². The van der Waals surface area contributed by atoms with Gasteiger partial charge in [-0.2, -0.15) is 25.3 Å². The second kappa shape index (κ2) is 15.5. The van der Waals surface area contributed by atoms with Gasteiger partial charge in [-0.15, -0.1) is 0 Å². The lowest BCUT2D eigenvalue weighted by Gasteiger charge is -2.16. The van der Waals surface area contributed by atoms with Gasteiger partial charge in [0, 0.05) is 6.42 Å². The molecule has 3 heterocycles. The number of benzene rings is 1. The second-order valence-electron chi connectivity index (χ2n) is 10.00. The lowest BCUT2D eigenvalue weighted by molar-refractivity contribution is -0.138. The van der Waals surface area contributed by atoms with Crippen LogP contribution in [0.4, 0.5) is 5.82 Å². The zero-order valence-electron chi connectivity index (χ0n) is 24.7. The molecule has 9 N–H and O–H groups in total. The van der Waals surface area contributed by atoms with Gasteiger partial charge in [-0.05, 0) is 35.5 Å². The molecule has 0 amide bonds. The molecule has 1 aliphatic rings. The largest absolute Gasteiger partial charge is 0.480 e. The highest BCUT2D eigenvalue weighted by Gasteiger charge is 2.46. The van der Waals surface area contributed by atoms with Crippen molar-refractivity contribution in [2.75, 3.05) is 23.5 Å². The minimum absolute atomic E-state index is 0.216. The first-order valence-electron chi connectivity index (χ1n) is 13.0. The molecule has 2 aromatic heterocycles. The Kier molecular flexibility index (Phi) is 12.7. The quantitative estimate of drug-likeness (QED) is 0.0416. The number of aryl methyl sites for hydroxylation is 1. The Morgan fingerprint density at radius 2 is 1.75 bits per heavy atom. The molecule has 1 aliphatic heterocycles. The van der Waals surface area contributed by atoms with Gasteiger partial charge in [0.25, 0.3) is 10.1 Å². The van der Waals surface area contributed by atoms with Crippen molar-refractivity contribution in [3.05, 3.63) is 36.4 Å². The van der Waals surface area contributed by atoms with E-state index in [0.29, 0.717) is 34.7 Å². The third kappa shape index (κ3) is 10.6. The summed E-state index contributed by atoms with van der Waals surface area (Å²) in [6.07, 6.45) is 1.31. The number of ether oxygens (including phenoxy) is 1. The predicted octanol–water partition coefficient (Wildman–Crippen LogP) is -2.31. The molecule has 0 spiro atoms. The monoisotopic (exact) mass is 763 g/mol. The van der Waals surface area contributed by atoms with E-state index in [2.05, 4.69) is 27.8 Å². The van der Waals surface area contributed by atoms with E-state index < -0.39 is 78.1 Å². The molecule has 6 atom stereocenters. The van der Waals surface area contributed by atoms with Crippen molar-refractivity contribution in [3.8, 4) is 5.75 Å². The number of hydrogen-bond acceptors (Lipinski definition) is 18. The van der Waals surface area contributed by atoms with Crippen molar-refractivity contribution < 1.29 is 72.1 Å². The molecule has 4 rings (SSSR count). The van der Waals surface area contributed by atoms with E-state index in [4.69, 9.17) is 30.4 Å². The summed E-state index contributed by atoms with van der Waals surface area (Å²) < 4.78 is 99.9. The Morgan fingerprint density at radius 3 is 2.35 bits per heavy atom.